The Hall–Kier alpha value is -4.22. The number of hydrogen-bond acceptors (Lipinski definition) is 6. The lowest BCUT2D eigenvalue weighted by atomic mass is 10.1. The van der Waals surface area contributed by atoms with Crippen LogP contribution in [0.1, 0.15) is 19.4 Å². The van der Waals surface area contributed by atoms with Gasteiger partial charge in [0.25, 0.3) is 0 Å². The molecule has 0 saturated heterocycles. The van der Waals surface area contributed by atoms with Crippen LogP contribution in [0.4, 0.5) is 25.5 Å². The van der Waals surface area contributed by atoms with E-state index in [1.54, 1.807) is 18.2 Å². The van der Waals surface area contributed by atoms with E-state index in [1.165, 1.54) is 42.6 Å². The van der Waals surface area contributed by atoms with Crippen LogP contribution >= 0.6 is 11.6 Å². The molecule has 0 saturated carbocycles. The number of carbonyl (C=O) groups is 3. The van der Waals surface area contributed by atoms with Gasteiger partial charge in [0.2, 0.25) is 5.91 Å². The number of nitrogens with zero attached hydrogens (tertiary/aromatic N) is 2. The Morgan fingerprint density at radius 3 is 2.36 bits per heavy atom. The Balaban J connectivity index is 1.50. The molecule has 0 radical (unpaired) electrons. The average molecular weight is 557 g/mol. The summed E-state index contributed by atoms with van der Waals surface area (Å²) in [5.41, 5.74) is 0.821. The van der Waals surface area contributed by atoms with E-state index in [1.807, 2.05) is 0 Å². The molecule has 1 heterocycles. The van der Waals surface area contributed by atoms with Crippen LogP contribution in [-0.2, 0) is 11.2 Å². The third kappa shape index (κ3) is 9.87. The van der Waals surface area contributed by atoms with E-state index >= 15 is 0 Å². The van der Waals surface area contributed by atoms with Crippen molar-refractivity contribution in [1.82, 2.24) is 20.5 Å². The number of ether oxygens (including phenoxy) is 1. The maximum Gasteiger partial charge on any atom is 0.325 e. The summed E-state index contributed by atoms with van der Waals surface area (Å²) in [5.74, 6) is 0.113. The molecular weight excluding hydrogens is 527 g/mol. The molecule has 206 valence electrons. The van der Waals surface area contributed by atoms with Crippen LogP contribution < -0.4 is 26.0 Å². The fourth-order valence-corrected chi connectivity index (χ4v) is 3.70. The second-order valence-electron chi connectivity index (χ2n) is 8.33. The molecule has 0 aliphatic heterocycles. The van der Waals surface area contributed by atoms with Crippen LogP contribution in [0.15, 0.2) is 60.8 Å². The highest BCUT2D eigenvalue weighted by atomic mass is 35.5. The van der Waals surface area contributed by atoms with Gasteiger partial charge in [0.1, 0.15) is 23.1 Å². The number of hydrogen-bond donors (Lipinski definition) is 4. The molecule has 3 rings (SSSR count). The number of urea groups is 2. The van der Waals surface area contributed by atoms with Gasteiger partial charge in [0.15, 0.2) is 0 Å². The van der Waals surface area contributed by atoms with E-state index < -0.39 is 17.8 Å². The van der Waals surface area contributed by atoms with E-state index in [-0.39, 0.29) is 23.2 Å². The van der Waals surface area contributed by atoms with Gasteiger partial charge in [-0.1, -0.05) is 37.6 Å². The second kappa shape index (κ2) is 14.6. The fraction of sp³-hybridized carbons (Fsp3) is 0.259. The highest BCUT2D eigenvalue weighted by Gasteiger charge is 2.12. The van der Waals surface area contributed by atoms with Crippen LogP contribution in [0.5, 0.6) is 11.5 Å². The van der Waals surface area contributed by atoms with Crippen molar-refractivity contribution in [3.63, 3.8) is 0 Å². The van der Waals surface area contributed by atoms with E-state index in [0.717, 1.165) is 19.6 Å². The van der Waals surface area contributed by atoms with E-state index in [0.29, 0.717) is 29.4 Å². The number of imide groups is 1. The zero-order chi connectivity index (χ0) is 28.2. The predicted octanol–water partition coefficient (Wildman–Crippen LogP) is 5.02. The van der Waals surface area contributed by atoms with Crippen molar-refractivity contribution < 1.29 is 23.5 Å². The molecule has 5 amide bonds. The van der Waals surface area contributed by atoms with E-state index in [9.17, 15) is 18.8 Å². The summed E-state index contributed by atoms with van der Waals surface area (Å²) in [5, 5.41) is 10.3. The topological polar surface area (TPSA) is 125 Å². The summed E-state index contributed by atoms with van der Waals surface area (Å²) >= 11 is 6.29. The number of nitrogens with one attached hydrogen (secondary N) is 4. The number of anilines is 2. The van der Waals surface area contributed by atoms with Crippen molar-refractivity contribution in [3.8, 4) is 11.5 Å². The molecule has 4 N–H and O–H groups in total. The summed E-state index contributed by atoms with van der Waals surface area (Å²) in [6.45, 7) is 7.20. The Labute approximate surface area is 230 Å². The number of halogens is 2. The Kier molecular flexibility index (Phi) is 11.0. The molecule has 1 aromatic heterocycles. The van der Waals surface area contributed by atoms with Gasteiger partial charge in [0.05, 0.1) is 17.1 Å². The van der Waals surface area contributed by atoms with Crippen LogP contribution in [0.3, 0.4) is 0 Å². The third-order valence-corrected chi connectivity index (χ3v) is 5.85. The molecule has 39 heavy (non-hydrogen) atoms. The van der Waals surface area contributed by atoms with Crippen LogP contribution in [0, 0.1) is 5.82 Å². The number of aromatic nitrogens is 1. The van der Waals surface area contributed by atoms with Crippen molar-refractivity contribution >= 4 is 41.1 Å². The quantitative estimate of drug-likeness (QED) is 0.263. The van der Waals surface area contributed by atoms with Crippen molar-refractivity contribution in [2.24, 2.45) is 0 Å². The molecule has 0 aliphatic rings. The Morgan fingerprint density at radius 2 is 1.67 bits per heavy atom. The van der Waals surface area contributed by atoms with E-state index in [2.05, 4.69) is 45.0 Å². The zero-order valence-corrected chi connectivity index (χ0v) is 22.3. The number of pyridine rings is 1. The monoisotopic (exact) mass is 556 g/mol. The standard InChI is InChI=1S/C27H30ClFN6O4/c1-3-35(4-2)14-13-31-26(37)33-24-17-21(11-12-30-24)39-20-9-10-23(22(28)16-20)32-27(38)34-25(36)15-18-5-7-19(29)8-6-18/h5-12,16-17H,3-4,13-15H2,1-2H3,(H2,30,31,33,37)(H2,32,34,36,38). The highest BCUT2D eigenvalue weighted by molar-refractivity contribution is 6.33. The van der Waals surface area contributed by atoms with Gasteiger partial charge in [-0.05, 0) is 49.0 Å². The number of benzene rings is 2. The Morgan fingerprint density at radius 1 is 0.949 bits per heavy atom. The minimum Gasteiger partial charge on any atom is -0.457 e. The zero-order valence-electron chi connectivity index (χ0n) is 21.6. The lowest BCUT2D eigenvalue weighted by Crippen LogP contribution is -2.37. The first-order valence-electron chi connectivity index (χ1n) is 12.3. The maximum absolute atomic E-state index is 13.0. The average Bonchev–Trinajstić information content (AvgIpc) is 2.90. The van der Waals surface area contributed by atoms with Gasteiger partial charge in [-0.15, -0.1) is 0 Å². The van der Waals surface area contributed by atoms with Gasteiger partial charge in [-0.3, -0.25) is 15.4 Å². The van der Waals surface area contributed by atoms with Gasteiger partial charge in [-0.25, -0.2) is 19.0 Å². The first-order valence-corrected chi connectivity index (χ1v) is 12.7. The third-order valence-electron chi connectivity index (χ3n) is 5.54. The first kappa shape index (κ1) is 29.3. The molecule has 0 fully saturated rings. The van der Waals surface area contributed by atoms with Crippen LogP contribution in [0.2, 0.25) is 5.02 Å². The molecule has 0 atom stereocenters. The lowest BCUT2D eigenvalue weighted by molar-refractivity contribution is -0.119. The first-order chi connectivity index (χ1) is 18.7. The van der Waals surface area contributed by atoms with Crippen molar-refractivity contribution in [2.75, 3.05) is 36.8 Å². The lowest BCUT2D eigenvalue weighted by Gasteiger charge is -2.18. The molecule has 3 aromatic rings. The molecule has 0 bridgehead atoms. The van der Waals surface area contributed by atoms with Crippen molar-refractivity contribution in [2.45, 2.75) is 20.3 Å². The maximum atomic E-state index is 13.0. The molecule has 10 nitrogen and oxygen atoms in total. The molecular formula is C27H30ClFN6O4. The molecule has 2 aromatic carbocycles. The second-order valence-corrected chi connectivity index (χ2v) is 8.74. The minimum absolute atomic E-state index is 0.0883. The molecule has 12 heteroatoms. The van der Waals surface area contributed by atoms with Crippen LogP contribution in [-0.4, -0.2) is 54.0 Å². The smallest absolute Gasteiger partial charge is 0.325 e. The number of likely N-dealkylation sites (N-methyl/N-ethyl adjacent to an activating group) is 1. The number of carbonyl (C=O) groups excluding carboxylic acids is 3. The highest BCUT2D eigenvalue weighted by Crippen LogP contribution is 2.30. The molecule has 0 aliphatic carbocycles. The minimum atomic E-state index is -0.766. The van der Waals surface area contributed by atoms with Gasteiger partial charge < -0.3 is 20.3 Å². The Bertz CT molecular complexity index is 1290. The number of amides is 5. The van der Waals surface area contributed by atoms with Gasteiger partial charge in [-0.2, -0.15) is 0 Å². The summed E-state index contributed by atoms with van der Waals surface area (Å²) in [6, 6.07) is 12.0. The van der Waals surface area contributed by atoms with Crippen molar-refractivity contribution in [3.05, 3.63) is 77.2 Å². The molecule has 0 spiro atoms. The largest absolute Gasteiger partial charge is 0.457 e. The van der Waals surface area contributed by atoms with Crippen molar-refractivity contribution in [1.29, 1.82) is 0 Å². The van der Waals surface area contributed by atoms with E-state index in [4.69, 9.17) is 16.3 Å². The summed E-state index contributed by atoms with van der Waals surface area (Å²) < 4.78 is 18.8. The normalized spacial score (nSPS) is 10.6. The predicted molar refractivity (Wildman–Crippen MR) is 148 cm³/mol. The fourth-order valence-electron chi connectivity index (χ4n) is 3.48. The molecule has 0 unspecified atom stereocenters. The summed E-state index contributed by atoms with van der Waals surface area (Å²) in [4.78, 5) is 42.8. The van der Waals surface area contributed by atoms with Gasteiger partial charge >= 0.3 is 12.1 Å². The SMILES string of the molecule is CCN(CC)CCNC(=O)Nc1cc(Oc2ccc(NC(=O)NC(=O)Cc3ccc(F)cc3)c(Cl)c2)ccn1. The van der Waals surface area contributed by atoms with Crippen LogP contribution in [0.25, 0.3) is 0 Å². The summed E-state index contributed by atoms with van der Waals surface area (Å²) in [7, 11) is 0. The number of rotatable bonds is 11. The van der Waals surface area contributed by atoms with Gasteiger partial charge in [0, 0.05) is 31.4 Å². The summed E-state index contributed by atoms with van der Waals surface area (Å²) in [6.07, 6.45) is 1.40.